The summed E-state index contributed by atoms with van der Waals surface area (Å²) in [6.45, 7) is 3.47. The molecule has 0 unspecified atom stereocenters. The Morgan fingerprint density at radius 3 is 2.42 bits per heavy atom. The van der Waals surface area contributed by atoms with Crippen LogP contribution in [0.1, 0.15) is 16.8 Å². The summed E-state index contributed by atoms with van der Waals surface area (Å²) in [5, 5.41) is 3.76. The number of hydrogen-bond acceptors (Lipinski definition) is 4. The molecular weight excluding hydrogens is 365 g/mol. The maximum atomic E-state index is 13.2. The molecule has 9 heteroatoms. The molecule has 134 valence electrons. The molecular formula is C17H13F3N4OS. The fourth-order valence-electron chi connectivity index (χ4n) is 2.66. The van der Waals surface area contributed by atoms with Crippen LogP contribution in [0.15, 0.2) is 47.1 Å². The van der Waals surface area contributed by atoms with E-state index in [2.05, 4.69) is 14.4 Å². The van der Waals surface area contributed by atoms with E-state index >= 15 is 0 Å². The highest BCUT2D eigenvalue weighted by Gasteiger charge is 2.35. The first kappa shape index (κ1) is 18.0. The number of aromatic nitrogens is 3. The topological polar surface area (TPSA) is 60.1 Å². The standard InChI is InChI=1S/C17H13F3N4OS/c1-10-3-4-13(11(2)16(10)23-26-25)24-14(12-5-7-21-8-6-12)9-15(22-24)17(18,19)20/h3-9H,1-2H3. The molecule has 0 N–H and O–H groups in total. The Morgan fingerprint density at radius 1 is 1.12 bits per heavy atom. The van der Waals surface area contributed by atoms with Crippen LogP contribution in [0, 0.1) is 13.8 Å². The molecule has 0 bridgehead atoms. The normalized spacial score (nSPS) is 11.4. The minimum absolute atomic E-state index is 0.0541. The second-order valence-electron chi connectivity index (χ2n) is 5.60. The van der Waals surface area contributed by atoms with Gasteiger partial charge in [0, 0.05) is 23.5 Å². The number of hydrogen-bond donors (Lipinski definition) is 0. The number of rotatable bonds is 3. The van der Waals surface area contributed by atoms with Gasteiger partial charge in [0.2, 0.25) is 11.5 Å². The fraction of sp³-hybridized carbons (Fsp3) is 0.176. The van der Waals surface area contributed by atoms with Crippen LogP contribution < -0.4 is 0 Å². The molecule has 5 nitrogen and oxygen atoms in total. The van der Waals surface area contributed by atoms with Crippen LogP contribution in [-0.2, 0) is 17.6 Å². The highest BCUT2D eigenvalue weighted by atomic mass is 32.1. The lowest BCUT2D eigenvalue weighted by molar-refractivity contribution is -0.141. The van der Waals surface area contributed by atoms with Gasteiger partial charge in [0.15, 0.2) is 5.69 Å². The molecule has 0 saturated carbocycles. The first-order valence-corrected chi connectivity index (χ1v) is 8.21. The quantitative estimate of drug-likeness (QED) is 0.669. The molecule has 0 atom stereocenters. The Morgan fingerprint density at radius 2 is 1.81 bits per heavy atom. The lowest BCUT2D eigenvalue weighted by atomic mass is 10.1. The minimum Gasteiger partial charge on any atom is -0.265 e. The predicted octanol–water partition coefficient (Wildman–Crippen LogP) is 4.60. The summed E-state index contributed by atoms with van der Waals surface area (Å²) < 4.78 is 55.6. The van der Waals surface area contributed by atoms with Crippen molar-refractivity contribution in [3.63, 3.8) is 0 Å². The van der Waals surface area contributed by atoms with Gasteiger partial charge in [0.25, 0.3) is 0 Å². The predicted molar refractivity (Wildman–Crippen MR) is 91.5 cm³/mol. The van der Waals surface area contributed by atoms with Crippen LogP contribution in [0.5, 0.6) is 0 Å². The summed E-state index contributed by atoms with van der Waals surface area (Å²) in [6, 6.07) is 7.57. The van der Waals surface area contributed by atoms with Crippen LogP contribution in [-0.4, -0.2) is 19.0 Å². The van der Waals surface area contributed by atoms with Crippen molar-refractivity contribution in [2.24, 2.45) is 4.36 Å². The van der Waals surface area contributed by atoms with Crippen molar-refractivity contribution in [1.29, 1.82) is 0 Å². The summed E-state index contributed by atoms with van der Waals surface area (Å²) in [5.41, 5.74) is 2.00. The zero-order chi connectivity index (χ0) is 18.9. The van der Waals surface area contributed by atoms with Gasteiger partial charge in [-0.2, -0.15) is 26.8 Å². The number of halogens is 3. The van der Waals surface area contributed by atoms with Crippen molar-refractivity contribution in [2.45, 2.75) is 20.0 Å². The van der Waals surface area contributed by atoms with Crippen LogP contribution in [0.3, 0.4) is 0 Å². The molecule has 0 saturated heterocycles. The molecule has 2 heterocycles. The van der Waals surface area contributed by atoms with Crippen LogP contribution in [0.25, 0.3) is 16.9 Å². The third-order valence-corrected chi connectivity index (χ3v) is 4.19. The van der Waals surface area contributed by atoms with Gasteiger partial charge in [-0.15, -0.1) is 0 Å². The second kappa shape index (κ2) is 6.83. The smallest absolute Gasteiger partial charge is 0.265 e. The lowest BCUT2D eigenvalue weighted by Crippen LogP contribution is -2.08. The molecule has 0 aliphatic carbocycles. The van der Waals surface area contributed by atoms with E-state index in [1.54, 1.807) is 38.1 Å². The maximum absolute atomic E-state index is 13.2. The molecule has 1 aromatic carbocycles. The van der Waals surface area contributed by atoms with E-state index in [-0.39, 0.29) is 17.2 Å². The van der Waals surface area contributed by atoms with Crippen molar-refractivity contribution >= 4 is 17.2 Å². The van der Waals surface area contributed by atoms with Crippen LogP contribution in [0.2, 0.25) is 0 Å². The van der Waals surface area contributed by atoms with Gasteiger partial charge in [-0.1, -0.05) is 6.07 Å². The zero-order valence-corrected chi connectivity index (χ0v) is 14.6. The largest absolute Gasteiger partial charge is 0.435 e. The van der Waals surface area contributed by atoms with Gasteiger partial charge in [-0.25, -0.2) is 4.68 Å². The fourth-order valence-corrected chi connectivity index (χ4v) is 3.02. The highest BCUT2D eigenvalue weighted by Crippen LogP contribution is 2.35. The molecule has 0 amide bonds. The Kier molecular flexibility index (Phi) is 4.73. The number of nitrogens with zero attached hydrogens (tertiary/aromatic N) is 4. The minimum atomic E-state index is -4.58. The Balaban J connectivity index is 2.30. The van der Waals surface area contributed by atoms with Gasteiger partial charge in [0.05, 0.1) is 17.1 Å². The van der Waals surface area contributed by atoms with Crippen molar-refractivity contribution in [1.82, 2.24) is 14.8 Å². The second-order valence-corrected chi connectivity index (χ2v) is 5.93. The van der Waals surface area contributed by atoms with Gasteiger partial charge < -0.3 is 0 Å². The van der Waals surface area contributed by atoms with Crippen molar-refractivity contribution in [3.05, 3.63) is 59.5 Å². The summed E-state index contributed by atoms with van der Waals surface area (Å²) in [6.07, 6.45) is -1.59. The lowest BCUT2D eigenvalue weighted by Gasteiger charge is -2.13. The van der Waals surface area contributed by atoms with Gasteiger partial charge in [-0.3, -0.25) is 4.98 Å². The summed E-state index contributed by atoms with van der Waals surface area (Å²) in [4.78, 5) is 3.89. The summed E-state index contributed by atoms with van der Waals surface area (Å²) >= 11 is 0.0541. The van der Waals surface area contributed by atoms with E-state index in [9.17, 15) is 17.4 Å². The number of pyridine rings is 1. The van der Waals surface area contributed by atoms with Crippen LogP contribution in [0.4, 0.5) is 18.9 Å². The monoisotopic (exact) mass is 378 g/mol. The molecule has 0 aliphatic rings. The first-order valence-electron chi connectivity index (χ1n) is 7.51. The molecule has 3 aromatic rings. The summed E-state index contributed by atoms with van der Waals surface area (Å²) in [5.74, 6) is 0. The first-order chi connectivity index (χ1) is 12.3. The molecule has 3 rings (SSSR count). The molecule has 0 radical (unpaired) electrons. The van der Waals surface area contributed by atoms with Gasteiger partial charge >= 0.3 is 6.18 Å². The number of aryl methyl sites for hydroxylation is 1. The third kappa shape index (κ3) is 3.30. The van der Waals surface area contributed by atoms with Crippen molar-refractivity contribution in [2.75, 3.05) is 0 Å². The SMILES string of the molecule is Cc1ccc(-n2nc(C(F)(F)F)cc2-c2ccncc2)c(C)c1N=S=O. The molecule has 0 aliphatic heterocycles. The van der Waals surface area contributed by atoms with E-state index in [4.69, 9.17) is 0 Å². The van der Waals surface area contributed by atoms with E-state index in [1.165, 1.54) is 17.1 Å². The van der Waals surface area contributed by atoms with Crippen molar-refractivity contribution < 1.29 is 17.4 Å². The Hall–Kier alpha value is -2.81. The molecule has 0 fully saturated rings. The van der Waals surface area contributed by atoms with Crippen LogP contribution >= 0.6 is 0 Å². The molecule has 26 heavy (non-hydrogen) atoms. The Labute approximate surface area is 150 Å². The third-order valence-electron chi connectivity index (χ3n) is 3.94. The van der Waals surface area contributed by atoms with Crippen molar-refractivity contribution in [3.8, 4) is 16.9 Å². The number of alkyl halides is 3. The van der Waals surface area contributed by atoms with E-state index in [1.807, 2.05) is 0 Å². The highest BCUT2D eigenvalue weighted by molar-refractivity contribution is 7.54. The molecule has 2 aromatic heterocycles. The van der Waals surface area contributed by atoms with E-state index in [0.29, 0.717) is 22.5 Å². The average Bonchev–Trinajstić information content (AvgIpc) is 3.05. The van der Waals surface area contributed by atoms with E-state index < -0.39 is 11.9 Å². The zero-order valence-electron chi connectivity index (χ0n) is 13.8. The average molecular weight is 378 g/mol. The Bertz CT molecular complexity index is 1010. The van der Waals surface area contributed by atoms with Gasteiger partial charge in [0.1, 0.15) is 0 Å². The maximum Gasteiger partial charge on any atom is 0.435 e. The summed E-state index contributed by atoms with van der Waals surface area (Å²) in [7, 11) is 0. The van der Waals surface area contributed by atoms with Gasteiger partial charge in [-0.05, 0) is 43.7 Å². The number of benzene rings is 1. The van der Waals surface area contributed by atoms with E-state index in [0.717, 1.165) is 11.6 Å². The molecule has 0 spiro atoms.